The van der Waals surface area contributed by atoms with Crippen LogP contribution in [0.1, 0.15) is 67.7 Å². The summed E-state index contributed by atoms with van der Waals surface area (Å²) in [6.07, 6.45) is 11.1. The molecule has 0 bridgehead atoms. The minimum atomic E-state index is -0.711. The van der Waals surface area contributed by atoms with Gasteiger partial charge in [0.15, 0.2) is 11.6 Å². The van der Waals surface area contributed by atoms with Gasteiger partial charge in [0.25, 0.3) is 0 Å². The molecule has 0 saturated heterocycles. The van der Waals surface area contributed by atoms with Gasteiger partial charge in [0.1, 0.15) is 0 Å². The van der Waals surface area contributed by atoms with E-state index in [-0.39, 0.29) is 0 Å². The maximum atomic E-state index is 13.9. The molecule has 0 nitrogen and oxygen atoms in total. The first-order valence-electron chi connectivity index (χ1n) is 10.2. The molecular weight excluding hydrogens is 326 g/mol. The van der Waals surface area contributed by atoms with Gasteiger partial charge < -0.3 is 0 Å². The minimum absolute atomic E-state index is 0.570. The number of fused-ring (bicyclic) bond motifs is 1. The van der Waals surface area contributed by atoms with E-state index < -0.39 is 11.6 Å². The van der Waals surface area contributed by atoms with Crippen molar-refractivity contribution in [1.82, 2.24) is 0 Å². The third-order valence-corrected chi connectivity index (χ3v) is 5.79. The predicted octanol–water partition coefficient (Wildman–Crippen LogP) is 6.83. The Hall–Kier alpha value is -1.70. The number of aryl methyl sites for hydroxylation is 2. The number of halogens is 2. The molecule has 0 saturated carbocycles. The van der Waals surface area contributed by atoms with Gasteiger partial charge in [0, 0.05) is 0 Å². The average molecular weight is 356 g/mol. The predicted molar refractivity (Wildman–Crippen MR) is 104 cm³/mol. The molecule has 0 aromatic heterocycles. The lowest BCUT2D eigenvalue weighted by Gasteiger charge is -2.25. The van der Waals surface area contributed by atoms with Crippen molar-refractivity contribution in [3.63, 3.8) is 0 Å². The molecule has 1 unspecified atom stereocenters. The highest BCUT2D eigenvalue weighted by molar-refractivity contribution is 5.32. The molecule has 0 fully saturated rings. The van der Waals surface area contributed by atoms with Crippen molar-refractivity contribution in [2.24, 2.45) is 5.92 Å². The van der Waals surface area contributed by atoms with Crippen molar-refractivity contribution >= 4 is 0 Å². The fourth-order valence-electron chi connectivity index (χ4n) is 4.10. The molecule has 3 rings (SSSR count). The Kier molecular flexibility index (Phi) is 6.82. The van der Waals surface area contributed by atoms with E-state index in [4.69, 9.17) is 0 Å². The van der Waals surface area contributed by atoms with E-state index in [1.807, 2.05) is 0 Å². The monoisotopic (exact) mass is 356 g/mol. The molecular formula is C24H30F2. The molecule has 26 heavy (non-hydrogen) atoms. The van der Waals surface area contributed by atoms with E-state index in [1.165, 1.54) is 49.3 Å². The highest BCUT2D eigenvalue weighted by atomic mass is 19.2. The third kappa shape index (κ3) is 4.93. The minimum Gasteiger partial charge on any atom is -0.204 e. The molecule has 1 atom stereocenters. The Bertz CT molecular complexity index is 703. The van der Waals surface area contributed by atoms with E-state index in [0.717, 1.165) is 31.2 Å². The van der Waals surface area contributed by atoms with Gasteiger partial charge in [-0.15, -0.1) is 0 Å². The van der Waals surface area contributed by atoms with Crippen molar-refractivity contribution in [3.05, 3.63) is 70.3 Å². The van der Waals surface area contributed by atoms with E-state index in [9.17, 15) is 8.78 Å². The fourth-order valence-corrected chi connectivity index (χ4v) is 4.10. The van der Waals surface area contributed by atoms with E-state index in [0.29, 0.717) is 17.9 Å². The van der Waals surface area contributed by atoms with Crippen molar-refractivity contribution < 1.29 is 8.78 Å². The summed E-state index contributed by atoms with van der Waals surface area (Å²) in [6, 6.07) is 12.1. The van der Waals surface area contributed by atoms with Crippen LogP contribution >= 0.6 is 0 Å². The normalized spacial score (nSPS) is 16.5. The zero-order chi connectivity index (χ0) is 18.4. The lowest BCUT2D eigenvalue weighted by molar-refractivity contribution is 0.409. The van der Waals surface area contributed by atoms with Gasteiger partial charge in [-0.05, 0) is 79.2 Å². The van der Waals surface area contributed by atoms with E-state index in [2.05, 4.69) is 31.2 Å². The zero-order valence-electron chi connectivity index (χ0n) is 15.9. The summed E-state index contributed by atoms with van der Waals surface area (Å²) in [6.45, 7) is 2.24. The van der Waals surface area contributed by atoms with Gasteiger partial charge in [-0.25, -0.2) is 8.78 Å². The smallest absolute Gasteiger partial charge is 0.162 e. The first-order valence-corrected chi connectivity index (χ1v) is 10.2. The molecule has 1 aliphatic rings. The largest absolute Gasteiger partial charge is 0.204 e. The van der Waals surface area contributed by atoms with Gasteiger partial charge in [-0.1, -0.05) is 56.5 Å². The molecule has 140 valence electrons. The first kappa shape index (κ1) is 19.1. The second kappa shape index (κ2) is 9.30. The number of hydrogen-bond acceptors (Lipinski definition) is 0. The maximum absolute atomic E-state index is 13.9. The van der Waals surface area contributed by atoms with Crippen LogP contribution in [0.25, 0.3) is 0 Å². The summed E-state index contributed by atoms with van der Waals surface area (Å²) >= 11 is 0. The van der Waals surface area contributed by atoms with Crippen molar-refractivity contribution in [2.75, 3.05) is 0 Å². The molecule has 2 aromatic carbocycles. The summed E-state index contributed by atoms with van der Waals surface area (Å²) in [4.78, 5) is 0. The lowest BCUT2D eigenvalue weighted by atomic mass is 9.81. The summed E-state index contributed by atoms with van der Waals surface area (Å²) in [7, 11) is 0. The summed E-state index contributed by atoms with van der Waals surface area (Å²) < 4.78 is 27.2. The molecule has 0 amide bonds. The molecule has 0 heterocycles. The van der Waals surface area contributed by atoms with Crippen LogP contribution in [0.2, 0.25) is 0 Å². The van der Waals surface area contributed by atoms with Gasteiger partial charge in [-0.2, -0.15) is 0 Å². The molecule has 0 radical (unpaired) electrons. The summed E-state index contributed by atoms with van der Waals surface area (Å²) in [5.74, 6) is -0.770. The van der Waals surface area contributed by atoms with Crippen LogP contribution in [0.15, 0.2) is 36.4 Å². The lowest BCUT2D eigenvalue weighted by Crippen LogP contribution is -2.17. The topological polar surface area (TPSA) is 0 Å². The summed E-state index contributed by atoms with van der Waals surface area (Å²) in [5.41, 5.74) is 4.43. The second-order valence-electron chi connectivity index (χ2n) is 7.77. The third-order valence-electron chi connectivity index (χ3n) is 5.79. The highest BCUT2D eigenvalue weighted by Crippen LogP contribution is 2.31. The number of unbranched alkanes of at least 4 members (excludes halogenated alkanes) is 3. The molecule has 2 heteroatoms. The number of hydrogen-bond donors (Lipinski definition) is 0. The zero-order valence-corrected chi connectivity index (χ0v) is 15.9. The molecule has 2 aromatic rings. The Morgan fingerprint density at radius 1 is 0.885 bits per heavy atom. The van der Waals surface area contributed by atoms with Crippen LogP contribution in [0.4, 0.5) is 8.78 Å². The van der Waals surface area contributed by atoms with Crippen molar-refractivity contribution in [2.45, 2.75) is 71.1 Å². The SMILES string of the molecule is CCCCCCc1ccc(CCC2CCc3c(ccc(F)c3F)C2)cc1. The van der Waals surface area contributed by atoms with E-state index in [1.54, 1.807) is 6.07 Å². The second-order valence-corrected chi connectivity index (χ2v) is 7.77. The maximum Gasteiger partial charge on any atom is 0.162 e. The van der Waals surface area contributed by atoms with E-state index >= 15 is 0 Å². The Morgan fingerprint density at radius 3 is 2.35 bits per heavy atom. The molecule has 0 aliphatic heterocycles. The molecule has 0 N–H and O–H groups in total. The Labute approximate surface area is 156 Å². The van der Waals surface area contributed by atoms with Crippen LogP contribution in [0.3, 0.4) is 0 Å². The van der Waals surface area contributed by atoms with Gasteiger partial charge >= 0.3 is 0 Å². The van der Waals surface area contributed by atoms with Crippen molar-refractivity contribution in [3.8, 4) is 0 Å². The van der Waals surface area contributed by atoms with Crippen LogP contribution in [0.5, 0.6) is 0 Å². The summed E-state index contributed by atoms with van der Waals surface area (Å²) in [5, 5.41) is 0. The highest BCUT2D eigenvalue weighted by Gasteiger charge is 2.22. The Balaban J connectivity index is 1.48. The van der Waals surface area contributed by atoms with Crippen LogP contribution in [-0.4, -0.2) is 0 Å². The van der Waals surface area contributed by atoms with Gasteiger partial charge in [-0.3, -0.25) is 0 Å². The average Bonchev–Trinajstić information content (AvgIpc) is 2.67. The molecule has 1 aliphatic carbocycles. The number of rotatable bonds is 8. The van der Waals surface area contributed by atoms with Gasteiger partial charge in [0.2, 0.25) is 0 Å². The quantitative estimate of drug-likeness (QED) is 0.455. The van der Waals surface area contributed by atoms with Crippen LogP contribution in [-0.2, 0) is 25.7 Å². The molecule has 0 spiro atoms. The first-order chi connectivity index (χ1) is 12.7. The Morgan fingerprint density at radius 2 is 1.62 bits per heavy atom. The van der Waals surface area contributed by atoms with Crippen LogP contribution in [0, 0.1) is 17.6 Å². The fraction of sp³-hybridized carbons (Fsp3) is 0.500. The standard InChI is InChI=1S/C24H30F2/c1-2-3-4-5-6-18-7-9-19(10-8-18)11-12-20-13-15-22-21(17-20)14-16-23(25)24(22)26/h7-10,14,16,20H,2-6,11-13,15,17H2,1H3. The van der Waals surface area contributed by atoms with Crippen LogP contribution < -0.4 is 0 Å². The van der Waals surface area contributed by atoms with Crippen molar-refractivity contribution in [1.29, 1.82) is 0 Å². The van der Waals surface area contributed by atoms with Gasteiger partial charge in [0.05, 0.1) is 0 Å². The number of benzene rings is 2.